The van der Waals surface area contributed by atoms with E-state index in [4.69, 9.17) is 4.74 Å². The van der Waals surface area contributed by atoms with E-state index in [-0.39, 0.29) is 5.82 Å². The fourth-order valence-electron chi connectivity index (χ4n) is 2.55. The Labute approximate surface area is 137 Å². The number of benzene rings is 2. The van der Waals surface area contributed by atoms with Crippen molar-refractivity contribution >= 4 is 0 Å². The van der Waals surface area contributed by atoms with Crippen molar-refractivity contribution in [3.8, 4) is 5.75 Å². The minimum atomic E-state index is -0.696. The Kier molecular flexibility index (Phi) is 5.74. The lowest BCUT2D eigenvalue weighted by molar-refractivity contribution is 0.0805. The predicted molar refractivity (Wildman–Crippen MR) is 90.1 cm³/mol. The molecule has 23 heavy (non-hydrogen) atoms. The molecule has 124 valence electrons. The third kappa shape index (κ3) is 4.53. The van der Waals surface area contributed by atoms with E-state index in [1.807, 2.05) is 44.2 Å². The minimum Gasteiger partial charge on any atom is -0.497 e. The molecular formula is C19H24FNO2. The summed E-state index contributed by atoms with van der Waals surface area (Å²) in [5.41, 5.74) is 0.914. The molecule has 0 spiro atoms. The average molecular weight is 317 g/mol. The molecule has 0 unspecified atom stereocenters. The lowest BCUT2D eigenvalue weighted by atomic mass is 9.91. The van der Waals surface area contributed by atoms with Crippen LogP contribution in [-0.4, -0.2) is 24.3 Å². The van der Waals surface area contributed by atoms with Gasteiger partial charge in [-0.15, -0.1) is 0 Å². The topological polar surface area (TPSA) is 41.5 Å². The SMILES string of the molecule is COc1cccc([C@H](O)C(C)(C)NCCc2ccccc2F)c1. The third-order valence-corrected chi connectivity index (χ3v) is 4.03. The Balaban J connectivity index is 1.98. The second kappa shape index (κ2) is 7.57. The van der Waals surface area contributed by atoms with Gasteiger partial charge in [0.25, 0.3) is 0 Å². The van der Waals surface area contributed by atoms with Crippen LogP contribution in [0.1, 0.15) is 31.1 Å². The molecule has 0 amide bonds. The molecular weight excluding hydrogens is 293 g/mol. The van der Waals surface area contributed by atoms with Crippen LogP contribution in [0.25, 0.3) is 0 Å². The highest BCUT2D eigenvalue weighted by Gasteiger charge is 2.28. The molecule has 0 bridgehead atoms. The predicted octanol–water partition coefficient (Wildman–Crippen LogP) is 3.48. The molecule has 0 saturated heterocycles. The zero-order valence-electron chi connectivity index (χ0n) is 13.8. The van der Waals surface area contributed by atoms with E-state index in [1.54, 1.807) is 19.2 Å². The Morgan fingerprint density at radius 3 is 2.61 bits per heavy atom. The van der Waals surface area contributed by atoms with Gasteiger partial charge in [-0.3, -0.25) is 0 Å². The van der Waals surface area contributed by atoms with Crippen LogP contribution in [0.3, 0.4) is 0 Å². The first kappa shape index (κ1) is 17.4. The molecule has 0 aromatic heterocycles. The van der Waals surface area contributed by atoms with Gasteiger partial charge in [0.15, 0.2) is 0 Å². The standard InChI is InChI=1S/C19H24FNO2/c1-19(2,18(22)15-8-6-9-16(13-15)23-3)21-12-11-14-7-4-5-10-17(14)20/h4-10,13,18,21-22H,11-12H2,1-3H3/t18-/m0/s1. The second-order valence-electron chi connectivity index (χ2n) is 6.17. The summed E-state index contributed by atoms with van der Waals surface area (Å²) in [6.45, 7) is 4.44. The van der Waals surface area contributed by atoms with Crippen LogP contribution >= 0.6 is 0 Å². The summed E-state index contributed by atoms with van der Waals surface area (Å²) < 4.78 is 18.8. The summed E-state index contributed by atoms with van der Waals surface area (Å²) >= 11 is 0. The first-order chi connectivity index (χ1) is 10.9. The van der Waals surface area contributed by atoms with Crippen LogP contribution in [0.15, 0.2) is 48.5 Å². The molecule has 0 aliphatic carbocycles. The molecule has 2 N–H and O–H groups in total. The van der Waals surface area contributed by atoms with Crippen LogP contribution < -0.4 is 10.1 Å². The molecule has 0 aliphatic heterocycles. The first-order valence-corrected chi connectivity index (χ1v) is 7.74. The van der Waals surface area contributed by atoms with E-state index >= 15 is 0 Å². The summed E-state index contributed by atoms with van der Waals surface area (Å²) in [4.78, 5) is 0. The van der Waals surface area contributed by atoms with Gasteiger partial charge >= 0.3 is 0 Å². The number of hydrogen-bond acceptors (Lipinski definition) is 3. The summed E-state index contributed by atoms with van der Waals surface area (Å²) in [5, 5.41) is 13.9. The highest BCUT2D eigenvalue weighted by Crippen LogP contribution is 2.27. The number of ether oxygens (including phenoxy) is 1. The van der Waals surface area contributed by atoms with E-state index in [0.29, 0.717) is 24.3 Å². The van der Waals surface area contributed by atoms with Crippen LogP contribution in [0, 0.1) is 5.82 Å². The Morgan fingerprint density at radius 2 is 1.91 bits per heavy atom. The molecule has 0 fully saturated rings. The smallest absolute Gasteiger partial charge is 0.126 e. The summed E-state index contributed by atoms with van der Waals surface area (Å²) in [5.74, 6) is 0.518. The van der Waals surface area contributed by atoms with Crippen LogP contribution in [0.4, 0.5) is 4.39 Å². The van der Waals surface area contributed by atoms with Gasteiger partial charge < -0.3 is 15.2 Å². The summed E-state index contributed by atoms with van der Waals surface area (Å²) in [7, 11) is 1.60. The van der Waals surface area contributed by atoms with Crippen molar-refractivity contribution < 1.29 is 14.2 Å². The molecule has 4 heteroatoms. The number of methoxy groups -OCH3 is 1. The maximum absolute atomic E-state index is 13.6. The van der Waals surface area contributed by atoms with Gasteiger partial charge in [0, 0.05) is 5.54 Å². The van der Waals surface area contributed by atoms with Gasteiger partial charge in [0.05, 0.1) is 13.2 Å². The van der Waals surface area contributed by atoms with Gasteiger partial charge in [0.2, 0.25) is 0 Å². The molecule has 2 rings (SSSR count). The molecule has 0 saturated carbocycles. The third-order valence-electron chi connectivity index (χ3n) is 4.03. The molecule has 2 aromatic carbocycles. The highest BCUT2D eigenvalue weighted by molar-refractivity contribution is 5.31. The molecule has 0 heterocycles. The van der Waals surface area contributed by atoms with Crippen molar-refractivity contribution in [3.05, 3.63) is 65.5 Å². The quantitative estimate of drug-likeness (QED) is 0.821. The Hall–Kier alpha value is -1.91. The number of aliphatic hydroxyl groups excluding tert-OH is 1. The maximum Gasteiger partial charge on any atom is 0.126 e. The summed E-state index contributed by atoms with van der Waals surface area (Å²) in [6, 6.07) is 14.1. The zero-order valence-corrected chi connectivity index (χ0v) is 13.8. The first-order valence-electron chi connectivity index (χ1n) is 7.74. The molecule has 0 radical (unpaired) electrons. The van der Waals surface area contributed by atoms with Gasteiger partial charge in [-0.1, -0.05) is 30.3 Å². The van der Waals surface area contributed by atoms with Crippen molar-refractivity contribution in [2.75, 3.05) is 13.7 Å². The largest absolute Gasteiger partial charge is 0.497 e. The van der Waals surface area contributed by atoms with Gasteiger partial charge in [-0.2, -0.15) is 0 Å². The van der Waals surface area contributed by atoms with Crippen molar-refractivity contribution in [2.45, 2.75) is 31.9 Å². The van der Waals surface area contributed by atoms with Crippen molar-refractivity contribution in [3.63, 3.8) is 0 Å². The second-order valence-corrected chi connectivity index (χ2v) is 6.17. The molecule has 1 atom stereocenters. The van der Waals surface area contributed by atoms with E-state index in [9.17, 15) is 9.50 Å². The Bertz CT molecular complexity index is 643. The lowest BCUT2D eigenvalue weighted by Crippen LogP contribution is -2.45. The van der Waals surface area contributed by atoms with Crippen LogP contribution in [0.2, 0.25) is 0 Å². The molecule has 0 aliphatic rings. The monoisotopic (exact) mass is 317 g/mol. The fraction of sp³-hybridized carbons (Fsp3) is 0.368. The van der Waals surface area contributed by atoms with Crippen LogP contribution in [-0.2, 0) is 6.42 Å². The summed E-state index contributed by atoms with van der Waals surface area (Å²) in [6.07, 6.45) is -0.126. The number of nitrogens with one attached hydrogen (secondary N) is 1. The Morgan fingerprint density at radius 1 is 1.17 bits per heavy atom. The number of halogens is 1. The maximum atomic E-state index is 13.6. The number of rotatable bonds is 7. The van der Waals surface area contributed by atoms with E-state index in [2.05, 4.69) is 5.32 Å². The van der Waals surface area contributed by atoms with Crippen molar-refractivity contribution in [1.82, 2.24) is 5.32 Å². The number of aliphatic hydroxyl groups is 1. The zero-order chi connectivity index (χ0) is 16.9. The van der Waals surface area contributed by atoms with Gasteiger partial charge in [0.1, 0.15) is 11.6 Å². The van der Waals surface area contributed by atoms with Crippen molar-refractivity contribution in [2.24, 2.45) is 0 Å². The molecule has 3 nitrogen and oxygen atoms in total. The van der Waals surface area contributed by atoms with Crippen molar-refractivity contribution in [1.29, 1.82) is 0 Å². The van der Waals surface area contributed by atoms with Crippen LogP contribution in [0.5, 0.6) is 5.75 Å². The number of hydrogen-bond donors (Lipinski definition) is 2. The van der Waals surface area contributed by atoms with E-state index < -0.39 is 11.6 Å². The van der Waals surface area contributed by atoms with E-state index in [1.165, 1.54) is 6.07 Å². The fourth-order valence-corrected chi connectivity index (χ4v) is 2.55. The van der Waals surface area contributed by atoms with Gasteiger partial charge in [-0.25, -0.2) is 4.39 Å². The molecule has 2 aromatic rings. The minimum absolute atomic E-state index is 0.194. The lowest BCUT2D eigenvalue weighted by Gasteiger charge is -2.32. The normalized spacial score (nSPS) is 12.9. The average Bonchev–Trinajstić information content (AvgIpc) is 2.56. The van der Waals surface area contributed by atoms with E-state index in [0.717, 1.165) is 5.56 Å². The van der Waals surface area contributed by atoms with Gasteiger partial charge in [-0.05, 0) is 56.1 Å². The highest BCUT2D eigenvalue weighted by atomic mass is 19.1.